The fourth-order valence-corrected chi connectivity index (χ4v) is 2.85. The molecule has 0 spiro atoms. The minimum absolute atomic E-state index is 0.225. The second-order valence-corrected chi connectivity index (χ2v) is 5.60. The van der Waals surface area contributed by atoms with Crippen molar-refractivity contribution in [2.45, 2.75) is 13.0 Å². The zero-order valence-electron chi connectivity index (χ0n) is 11.8. The summed E-state index contributed by atoms with van der Waals surface area (Å²) in [4.78, 5) is 4.62. The summed E-state index contributed by atoms with van der Waals surface area (Å²) >= 11 is 6.06. The number of benzene rings is 1. The molecule has 1 aliphatic heterocycles. The van der Waals surface area contributed by atoms with Crippen LogP contribution in [0.2, 0.25) is 5.02 Å². The second kappa shape index (κ2) is 4.90. The number of nitrogens with zero attached hydrogens (tertiary/aromatic N) is 2. The first-order valence-corrected chi connectivity index (χ1v) is 7.27. The molecule has 3 heterocycles. The number of halogens is 1. The average Bonchev–Trinajstić information content (AvgIpc) is 3.09. The topological polar surface area (TPSA) is 56.0 Å². The number of aliphatic hydroxyl groups is 1. The molecule has 0 bridgehead atoms. The molecule has 1 atom stereocenters. The van der Waals surface area contributed by atoms with Gasteiger partial charge in [0, 0.05) is 11.8 Å². The lowest BCUT2D eigenvalue weighted by molar-refractivity contribution is 0.174. The summed E-state index contributed by atoms with van der Waals surface area (Å²) < 4.78 is 12.6. The van der Waals surface area contributed by atoms with E-state index in [2.05, 4.69) is 4.98 Å². The van der Waals surface area contributed by atoms with Gasteiger partial charge in [0.1, 0.15) is 5.65 Å². The van der Waals surface area contributed by atoms with Crippen LogP contribution < -0.4 is 9.47 Å². The number of hydrogen-bond donors (Lipinski definition) is 1. The third kappa shape index (κ3) is 2.01. The summed E-state index contributed by atoms with van der Waals surface area (Å²) in [6, 6.07) is 9.23. The van der Waals surface area contributed by atoms with Crippen LogP contribution in [0.25, 0.3) is 16.9 Å². The number of imidazole rings is 1. The van der Waals surface area contributed by atoms with E-state index in [1.807, 2.05) is 28.7 Å². The zero-order chi connectivity index (χ0) is 15.3. The molecule has 4 rings (SSSR count). The molecular formula is C16H13ClN2O3. The number of rotatable bonds is 2. The molecule has 5 nitrogen and oxygen atoms in total. The monoisotopic (exact) mass is 316 g/mol. The third-order valence-electron chi connectivity index (χ3n) is 3.66. The summed E-state index contributed by atoms with van der Waals surface area (Å²) in [7, 11) is 0. The third-order valence-corrected chi connectivity index (χ3v) is 3.88. The van der Waals surface area contributed by atoms with Crippen LogP contribution in [0.15, 0.2) is 36.5 Å². The minimum atomic E-state index is -0.686. The molecule has 1 unspecified atom stereocenters. The molecule has 1 aliphatic rings. The van der Waals surface area contributed by atoms with Gasteiger partial charge in [-0.2, -0.15) is 0 Å². The normalized spacial score (nSPS) is 14.5. The Morgan fingerprint density at radius 1 is 1.23 bits per heavy atom. The van der Waals surface area contributed by atoms with Gasteiger partial charge in [0.05, 0.1) is 22.5 Å². The van der Waals surface area contributed by atoms with Crippen molar-refractivity contribution in [2.75, 3.05) is 6.79 Å². The van der Waals surface area contributed by atoms with E-state index in [0.717, 1.165) is 11.2 Å². The first-order valence-electron chi connectivity index (χ1n) is 6.89. The van der Waals surface area contributed by atoms with Crippen LogP contribution in [0.3, 0.4) is 0 Å². The highest BCUT2D eigenvalue weighted by Crippen LogP contribution is 2.38. The molecule has 0 saturated carbocycles. The molecule has 112 valence electrons. The maximum Gasteiger partial charge on any atom is 0.231 e. The van der Waals surface area contributed by atoms with Crippen LogP contribution in [0.1, 0.15) is 18.7 Å². The molecule has 0 aliphatic carbocycles. The molecule has 6 heteroatoms. The van der Waals surface area contributed by atoms with E-state index < -0.39 is 6.10 Å². The van der Waals surface area contributed by atoms with Gasteiger partial charge in [-0.3, -0.25) is 4.40 Å². The van der Waals surface area contributed by atoms with Crippen molar-refractivity contribution in [1.82, 2.24) is 9.38 Å². The Balaban J connectivity index is 1.96. The lowest BCUT2D eigenvalue weighted by Gasteiger charge is -2.08. The van der Waals surface area contributed by atoms with Gasteiger partial charge in [-0.15, -0.1) is 0 Å². The Kier molecular flexibility index (Phi) is 2.99. The molecule has 0 radical (unpaired) electrons. The molecular weight excluding hydrogens is 304 g/mol. The maximum absolute atomic E-state index is 10.2. The summed E-state index contributed by atoms with van der Waals surface area (Å²) in [6.45, 7) is 1.93. The van der Waals surface area contributed by atoms with E-state index in [4.69, 9.17) is 21.1 Å². The molecule has 3 aromatic rings. The maximum atomic E-state index is 10.2. The van der Waals surface area contributed by atoms with Crippen LogP contribution in [0.5, 0.6) is 11.5 Å². The zero-order valence-corrected chi connectivity index (χ0v) is 12.5. The van der Waals surface area contributed by atoms with Crippen LogP contribution >= 0.6 is 11.6 Å². The minimum Gasteiger partial charge on any atom is -0.454 e. The first kappa shape index (κ1) is 13.4. The Hall–Kier alpha value is -2.24. The van der Waals surface area contributed by atoms with E-state index in [1.165, 1.54) is 0 Å². The van der Waals surface area contributed by atoms with E-state index in [1.54, 1.807) is 19.2 Å². The number of pyridine rings is 1. The summed E-state index contributed by atoms with van der Waals surface area (Å²) in [6.07, 6.45) is 1.07. The highest BCUT2D eigenvalue weighted by atomic mass is 35.5. The van der Waals surface area contributed by atoms with Crippen molar-refractivity contribution in [2.24, 2.45) is 0 Å². The van der Waals surface area contributed by atoms with Crippen molar-refractivity contribution < 1.29 is 14.6 Å². The van der Waals surface area contributed by atoms with Crippen molar-refractivity contribution in [3.05, 3.63) is 47.2 Å². The first-order chi connectivity index (χ1) is 10.6. The van der Waals surface area contributed by atoms with E-state index in [0.29, 0.717) is 27.9 Å². The van der Waals surface area contributed by atoms with Crippen LogP contribution in [-0.2, 0) is 0 Å². The fourth-order valence-electron chi connectivity index (χ4n) is 2.69. The molecule has 1 N–H and O–H groups in total. The molecule has 1 aromatic carbocycles. The second-order valence-electron chi connectivity index (χ2n) is 5.17. The molecule has 0 amide bonds. The van der Waals surface area contributed by atoms with Crippen molar-refractivity contribution in [1.29, 1.82) is 0 Å². The lowest BCUT2D eigenvalue weighted by atomic mass is 10.1. The smallest absolute Gasteiger partial charge is 0.231 e. The van der Waals surface area contributed by atoms with E-state index in [-0.39, 0.29) is 6.79 Å². The van der Waals surface area contributed by atoms with Gasteiger partial charge in [0.15, 0.2) is 11.5 Å². The van der Waals surface area contributed by atoms with Crippen LogP contribution in [0, 0.1) is 0 Å². The van der Waals surface area contributed by atoms with Crippen molar-refractivity contribution >= 4 is 17.2 Å². The Bertz CT molecular complexity index is 873. The standard InChI is InChI=1S/C16H13ClN2O3/c1-9(20)16-15(18-14-5-3-11(17)7-19(14)16)10-2-4-12-13(6-10)22-8-21-12/h2-7,9,20H,8H2,1H3. The fraction of sp³-hybridized carbons (Fsp3) is 0.188. The highest BCUT2D eigenvalue weighted by molar-refractivity contribution is 6.30. The number of aliphatic hydroxyl groups excluding tert-OH is 1. The number of hydrogen-bond acceptors (Lipinski definition) is 4. The van der Waals surface area contributed by atoms with Gasteiger partial charge in [-0.1, -0.05) is 11.6 Å². The van der Waals surface area contributed by atoms with Gasteiger partial charge in [0.25, 0.3) is 0 Å². The largest absolute Gasteiger partial charge is 0.454 e. The van der Waals surface area contributed by atoms with E-state index >= 15 is 0 Å². The van der Waals surface area contributed by atoms with E-state index in [9.17, 15) is 5.11 Å². The highest BCUT2D eigenvalue weighted by Gasteiger charge is 2.21. The van der Waals surface area contributed by atoms with Crippen LogP contribution in [-0.4, -0.2) is 21.3 Å². The number of ether oxygens (including phenoxy) is 2. The molecule has 0 saturated heterocycles. The SMILES string of the molecule is CC(O)c1c(-c2ccc3c(c2)OCO3)nc2ccc(Cl)cn12. The quantitative estimate of drug-likeness (QED) is 0.787. The summed E-state index contributed by atoms with van der Waals surface area (Å²) in [5, 5.41) is 10.8. The predicted octanol–water partition coefficient (Wildman–Crippen LogP) is 3.44. The van der Waals surface area contributed by atoms with Crippen molar-refractivity contribution in [3.8, 4) is 22.8 Å². The van der Waals surface area contributed by atoms with Crippen LogP contribution in [0.4, 0.5) is 0 Å². The van der Waals surface area contributed by atoms with Gasteiger partial charge >= 0.3 is 0 Å². The summed E-state index contributed by atoms with van der Waals surface area (Å²) in [5.74, 6) is 1.40. The van der Waals surface area contributed by atoms with Gasteiger partial charge < -0.3 is 14.6 Å². The number of aromatic nitrogens is 2. The van der Waals surface area contributed by atoms with Gasteiger partial charge in [-0.25, -0.2) is 4.98 Å². The average molecular weight is 317 g/mol. The Labute approximate surface area is 131 Å². The lowest BCUT2D eigenvalue weighted by Crippen LogP contribution is -1.99. The molecule has 2 aromatic heterocycles. The van der Waals surface area contributed by atoms with Crippen molar-refractivity contribution in [3.63, 3.8) is 0 Å². The molecule has 22 heavy (non-hydrogen) atoms. The number of fused-ring (bicyclic) bond motifs is 2. The Morgan fingerprint density at radius 2 is 2.05 bits per heavy atom. The molecule has 0 fully saturated rings. The predicted molar refractivity (Wildman–Crippen MR) is 82.4 cm³/mol. The van der Waals surface area contributed by atoms with Gasteiger partial charge in [0.2, 0.25) is 6.79 Å². The van der Waals surface area contributed by atoms with Gasteiger partial charge in [-0.05, 0) is 37.3 Å². The Morgan fingerprint density at radius 3 is 2.86 bits per heavy atom. The summed E-state index contributed by atoms with van der Waals surface area (Å²) in [5.41, 5.74) is 2.99.